The number of carbonyl (C=O) groups is 1. The highest BCUT2D eigenvalue weighted by Gasteiger charge is 2.35. The maximum absolute atomic E-state index is 13.8. The number of hydrogen-bond donors (Lipinski definition) is 1. The molecule has 5 nitrogen and oxygen atoms in total. The molecule has 4 rings (SSSR count). The Bertz CT molecular complexity index is 1010. The Kier molecular flexibility index (Phi) is 5.74. The van der Waals surface area contributed by atoms with E-state index in [1.807, 2.05) is 16.7 Å². The Labute approximate surface area is 178 Å². The minimum Gasteiger partial charge on any atom is -0.356 e. The van der Waals surface area contributed by atoms with Crippen LogP contribution in [-0.2, 0) is 11.3 Å². The van der Waals surface area contributed by atoms with Crippen LogP contribution in [0.4, 0.5) is 10.1 Å². The number of thioether (sulfide) groups is 1. The predicted molar refractivity (Wildman–Crippen MR) is 118 cm³/mol. The highest BCUT2D eigenvalue weighted by atomic mass is 32.2. The van der Waals surface area contributed by atoms with E-state index < -0.39 is 11.1 Å². The second-order valence-electron chi connectivity index (χ2n) is 7.60. The molecular formula is C21H22FN3O2S2. The molecule has 0 aliphatic carbocycles. The Morgan fingerprint density at radius 1 is 1.21 bits per heavy atom. The minimum absolute atomic E-state index is 0.0565. The fourth-order valence-corrected chi connectivity index (χ4v) is 5.47. The lowest BCUT2D eigenvalue weighted by molar-refractivity contribution is -0.115. The highest BCUT2D eigenvalue weighted by molar-refractivity contribution is 8.23. The van der Waals surface area contributed by atoms with Crippen molar-refractivity contribution in [1.29, 1.82) is 0 Å². The van der Waals surface area contributed by atoms with E-state index in [2.05, 4.69) is 10.2 Å². The Balaban J connectivity index is 1.40. The van der Waals surface area contributed by atoms with Gasteiger partial charge in [-0.1, -0.05) is 42.2 Å². The maximum atomic E-state index is 13.8. The van der Waals surface area contributed by atoms with E-state index in [-0.39, 0.29) is 23.1 Å². The summed E-state index contributed by atoms with van der Waals surface area (Å²) >= 11 is 6.95. The van der Waals surface area contributed by atoms with Crippen LogP contribution in [0.3, 0.4) is 0 Å². The number of likely N-dealkylation sites (tertiary alicyclic amines) is 1. The third-order valence-electron chi connectivity index (χ3n) is 5.52. The highest BCUT2D eigenvalue weighted by Crippen LogP contribution is 2.36. The number of piperidine rings is 1. The topological polar surface area (TPSA) is 54.3 Å². The number of nitrogens with one attached hydrogen (secondary N) is 1. The molecule has 29 heavy (non-hydrogen) atoms. The predicted octanol–water partition coefficient (Wildman–Crippen LogP) is 3.45. The molecule has 0 radical (unpaired) electrons. The number of amides is 1. The molecule has 1 N–H and O–H groups in total. The van der Waals surface area contributed by atoms with Gasteiger partial charge in [-0.15, -0.1) is 0 Å². The van der Waals surface area contributed by atoms with Crippen LogP contribution >= 0.6 is 24.0 Å². The van der Waals surface area contributed by atoms with Gasteiger partial charge < -0.3 is 14.8 Å². The summed E-state index contributed by atoms with van der Waals surface area (Å²) < 4.78 is 16.3. The van der Waals surface area contributed by atoms with Crippen LogP contribution in [0.2, 0.25) is 0 Å². The van der Waals surface area contributed by atoms with E-state index >= 15 is 0 Å². The number of aromatic nitrogens is 1. The average molecular weight is 432 g/mol. The molecule has 1 amide bonds. The Hall–Kier alpha value is -2.19. The lowest BCUT2D eigenvalue weighted by Gasteiger charge is -2.43. The van der Waals surface area contributed by atoms with Crippen molar-refractivity contribution < 1.29 is 9.18 Å². The zero-order valence-electron chi connectivity index (χ0n) is 16.0. The van der Waals surface area contributed by atoms with Crippen LogP contribution in [0.5, 0.6) is 0 Å². The van der Waals surface area contributed by atoms with Gasteiger partial charge in [0.25, 0.3) is 5.56 Å². The van der Waals surface area contributed by atoms with Gasteiger partial charge in [0.05, 0.1) is 10.9 Å². The summed E-state index contributed by atoms with van der Waals surface area (Å²) in [4.78, 5) is 26.8. The number of pyridine rings is 1. The van der Waals surface area contributed by atoms with E-state index in [0.29, 0.717) is 16.8 Å². The first kappa shape index (κ1) is 20.1. The number of hydrogen-bond acceptors (Lipinski definition) is 4. The summed E-state index contributed by atoms with van der Waals surface area (Å²) in [6.45, 7) is 4.00. The molecule has 2 aromatic rings. The summed E-state index contributed by atoms with van der Waals surface area (Å²) in [6, 6.07) is 11.6. The lowest BCUT2D eigenvalue weighted by atomic mass is 9.83. The minimum atomic E-state index is -0.460. The van der Waals surface area contributed by atoms with Gasteiger partial charge in [0, 0.05) is 37.3 Å². The van der Waals surface area contributed by atoms with Crippen LogP contribution in [0, 0.1) is 11.7 Å². The van der Waals surface area contributed by atoms with Crippen molar-refractivity contribution in [1.82, 2.24) is 9.47 Å². The number of halogens is 1. The van der Waals surface area contributed by atoms with E-state index in [1.54, 1.807) is 25.1 Å². The molecule has 152 valence electrons. The Morgan fingerprint density at radius 2 is 2.00 bits per heavy atom. The van der Waals surface area contributed by atoms with Crippen molar-refractivity contribution in [2.75, 3.05) is 18.4 Å². The molecule has 8 heteroatoms. The maximum Gasteiger partial charge on any atom is 0.250 e. The summed E-state index contributed by atoms with van der Waals surface area (Å²) in [5, 5.41) is 2.18. The summed E-state index contributed by atoms with van der Waals surface area (Å²) in [5.74, 6) is -0.116. The number of rotatable bonds is 3. The van der Waals surface area contributed by atoms with Crippen molar-refractivity contribution in [3.63, 3.8) is 0 Å². The number of nitrogens with zero attached hydrogens (tertiary/aromatic N) is 2. The van der Waals surface area contributed by atoms with Gasteiger partial charge in [0.2, 0.25) is 5.91 Å². The summed E-state index contributed by atoms with van der Waals surface area (Å²) in [5.41, 5.74) is 1.29. The van der Waals surface area contributed by atoms with Crippen molar-refractivity contribution in [2.45, 2.75) is 31.1 Å². The SMILES string of the molecule is C[C@H](SC(=S)N1C[C@H]2C[C@@H](C1)c1cccc(=O)n1C2)C(=O)Nc1ccccc1F. The summed E-state index contributed by atoms with van der Waals surface area (Å²) in [7, 11) is 0. The van der Waals surface area contributed by atoms with Gasteiger partial charge in [-0.25, -0.2) is 4.39 Å². The van der Waals surface area contributed by atoms with Crippen LogP contribution in [-0.4, -0.2) is 38.0 Å². The van der Waals surface area contributed by atoms with Crippen molar-refractivity contribution >= 4 is 39.9 Å². The van der Waals surface area contributed by atoms with Gasteiger partial charge >= 0.3 is 0 Å². The quantitative estimate of drug-likeness (QED) is 0.755. The zero-order valence-corrected chi connectivity index (χ0v) is 17.6. The monoisotopic (exact) mass is 431 g/mol. The largest absolute Gasteiger partial charge is 0.356 e. The standard InChI is InChI=1S/C21H22FN3O2S2/c1-13(20(27)23-17-6-3-2-5-16(17)22)29-21(28)24-10-14-9-15(12-24)18-7-4-8-19(26)25(18)11-14/h2-8,13-15H,9-12H2,1H3,(H,23,27)/t13-,14+,15-/m0/s1. The fourth-order valence-electron chi connectivity index (χ4n) is 4.12. The van der Waals surface area contributed by atoms with Crippen molar-refractivity contribution in [3.8, 4) is 0 Å². The molecule has 2 aliphatic rings. The summed E-state index contributed by atoms with van der Waals surface area (Å²) in [6.07, 6.45) is 1.05. The second-order valence-corrected chi connectivity index (χ2v) is 9.57. The van der Waals surface area contributed by atoms with Crippen molar-refractivity contribution in [2.24, 2.45) is 5.92 Å². The first-order valence-electron chi connectivity index (χ1n) is 9.63. The first-order chi connectivity index (χ1) is 13.9. The first-order valence-corrected chi connectivity index (χ1v) is 10.9. The Morgan fingerprint density at radius 3 is 2.79 bits per heavy atom. The second kappa shape index (κ2) is 8.28. The molecule has 3 heterocycles. The number of thiocarbonyl (C=S) groups is 1. The third kappa shape index (κ3) is 4.23. The zero-order chi connectivity index (χ0) is 20.5. The van der Waals surface area contributed by atoms with Crippen LogP contribution in [0.15, 0.2) is 47.3 Å². The van der Waals surface area contributed by atoms with Gasteiger partial charge in [-0.2, -0.15) is 0 Å². The van der Waals surface area contributed by atoms with Crippen molar-refractivity contribution in [3.05, 3.63) is 64.3 Å². The molecule has 1 saturated heterocycles. The number of para-hydroxylation sites is 1. The van der Waals surface area contributed by atoms with E-state index in [1.165, 1.54) is 23.9 Å². The molecule has 0 saturated carbocycles. The van der Waals surface area contributed by atoms with Crippen LogP contribution < -0.4 is 10.9 Å². The molecular weight excluding hydrogens is 409 g/mol. The fraction of sp³-hybridized carbons (Fsp3) is 0.381. The number of anilines is 1. The average Bonchev–Trinajstić information content (AvgIpc) is 2.70. The molecule has 1 aromatic carbocycles. The molecule has 2 aliphatic heterocycles. The molecule has 0 spiro atoms. The third-order valence-corrected chi connectivity index (χ3v) is 7.09. The molecule has 1 fully saturated rings. The normalized spacial score (nSPS) is 21.2. The lowest BCUT2D eigenvalue weighted by Crippen LogP contribution is -2.48. The van der Waals surface area contributed by atoms with E-state index in [0.717, 1.165) is 25.2 Å². The van der Waals surface area contributed by atoms with Gasteiger partial charge in [-0.3, -0.25) is 9.59 Å². The number of benzene rings is 1. The molecule has 1 aromatic heterocycles. The molecule has 0 unspecified atom stereocenters. The molecule has 2 bridgehead atoms. The smallest absolute Gasteiger partial charge is 0.250 e. The van der Waals surface area contributed by atoms with E-state index in [9.17, 15) is 14.0 Å². The number of carbonyl (C=O) groups excluding carboxylic acids is 1. The van der Waals surface area contributed by atoms with E-state index in [4.69, 9.17) is 12.2 Å². The molecule has 3 atom stereocenters. The van der Waals surface area contributed by atoms with Gasteiger partial charge in [0.15, 0.2) is 0 Å². The van der Waals surface area contributed by atoms with Gasteiger partial charge in [-0.05, 0) is 37.5 Å². The van der Waals surface area contributed by atoms with Crippen LogP contribution in [0.1, 0.15) is 25.0 Å². The van der Waals surface area contributed by atoms with Crippen LogP contribution in [0.25, 0.3) is 0 Å². The van der Waals surface area contributed by atoms with Gasteiger partial charge in [0.1, 0.15) is 10.1 Å². The number of fused-ring (bicyclic) bond motifs is 4.